The predicted octanol–water partition coefficient (Wildman–Crippen LogP) is 2.73. The molecule has 4 aromatic rings. The van der Waals surface area contributed by atoms with Gasteiger partial charge in [0.1, 0.15) is 5.82 Å². The number of β-amino-alcohol motifs (C(OH)–C–C–N with tert-alkyl or cyclic N) is 1. The van der Waals surface area contributed by atoms with Gasteiger partial charge in [-0.25, -0.2) is 4.98 Å². The van der Waals surface area contributed by atoms with E-state index < -0.39 is 10.0 Å². The molecule has 0 atom stereocenters. The average molecular weight is 520 g/mol. The van der Waals surface area contributed by atoms with Crippen LogP contribution in [-0.4, -0.2) is 78.6 Å². The summed E-state index contributed by atoms with van der Waals surface area (Å²) in [6, 6.07) is 16.5. The highest BCUT2D eigenvalue weighted by Gasteiger charge is 2.24. The average Bonchev–Trinajstić information content (AvgIpc) is 3.35. The molecule has 1 saturated heterocycles. The van der Waals surface area contributed by atoms with Crippen molar-refractivity contribution in [3.63, 3.8) is 0 Å². The van der Waals surface area contributed by atoms with Crippen molar-refractivity contribution in [2.24, 2.45) is 4.99 Å². The number of aliphatic hydroxyl groups is 1. The van der Waals surface area contributed by atoms with E-state index in [2.05, 4.69) is 49.0 Å². The molecular weight excluding hydrogens is 490 g/mol. The summed E-state index contributed by atoms with van der Waals surface area (Å²) >= 11 is 0. The number of fused-ring (bicyclic) bond motifs is 1. The number of anilines is 3. The van der Waals surface area contributed by atoms with E-state index in [0.29, 0.717) is 28.8 Å². The predicted molar refractivity (Wildman–Crippen MR) is 145 cm³/mol. The van der Waals surface area contributed by atoms with Gasteiger partial charge in [-0.15, -0.1) is 0 Å². The van der Waals surface area contributed by atoms with Gasteiger partial charge in [0.15, 0.2) is 0 Å². The summed E-state index contributed by atoms with van der Waals surface area (Å²) in [5, 5.41) is 17.2. The quantitative estimate of drug-likeness (QED) is 0.324. The first-order valence-electron chi connectivity index (χ1n) is 12.0. The van der Waals surface area contributed by atoms with Gasteiger partial charge in [-0.2, -0.15) is 17.6 Å². The van der Waals surface area contributed by atoms with Crippen molar-refractivity contribution < 1.29 is 13.5 Å². The third-order valence-corrected chi connectivity index (χ3v) is 8.17. The Morgan fingerprint density at radius 3 is 2.51 bits per heavy atom. The second kappa shape index (κ2) is 10.7. The van der Waals surface area contributed by atoms with Crippen molar-refractivity contribution in [3.05, 3.63) is 72.6 Å². The van der Waals surface area contributed by atoms with Crippen LogP contribution < -0.4 is 10.2 Å². The topological polar surface area (TPSA) is 116 Å². The summed E-state index contributed by atoms with van der Waals surface area (Å²) in [7, 11) is -3.95. The molecule has 3 heterocycles. The summed E-state index contributed by atoms with van der Waals surface area (Å²) < 4.78 is 28.0. The Kier molecular flexibility index (Phi) is 7.17. The summed E-state index contributed by atoms with van der Waals surface area (Å²) in [5.41, 5.74) is 2.96. The molecule has 2 aromatic carbocycles. The standard InChI is InChI=1S/C26H29N7O3S/c1-27-17-20-4-2-3-5-25(20)37(35,36)33-24-16-26(28-18-21(24)19-29-33)30-22-6-8-23(9-7-22)32-12-10-31(11-13-32)14-15-34/h2-9,16,18-19,34H,1,10-15,17H2,(H,28,30). The van der Waals surface area contributed by atoms with Crippen LogP contribution in [0.2, 0.25) is 0 Å². The Balaban J connectivity index is 1.36. The van der Waals surface area contributed by atoms with Crippen LogP contribution in [0.5, 0.6) is 0 Å². The molecule has 11 heteroatoms. The van der Waals surface area contributed by atoms with Gasteiger partial charge >= 0.3 is 0 Å². The first-order chi connectivity index (χ1) is 18.0. The molecule has 1 fully saturated rings. The smallest absolute Gasteiger partial charge is 0.283 e. The molecule has 5 rings (SSSR count). The molecule has 0 spiro atoms. The lowest BCUT2D eigenvalue weighted by atomic mass is 10.2. The molecule has 0 bridgehead atoms. The number of benzene rings is 2. The minimum Gasteiger partial charge on any atom is -0.395 e. The summed E-state index contributed by atoms with van der Waals surface area (Å²) in [6.07, 6.45) is 3.10. The number of aliphatic hydroxyl groups excluding tert-OH is 1. The third kappa shape index (κ3) is 5.19. The molecule has 1 aliphatic heterocycles. The minimum absolute atomic E-state index is 0.145. The van der Waals surface area contributed by atoms with Crippen LogP contribution in [0.3, 0.4) is 0 Å². The van der Waals surface area contributed by atoms with Crippen LogP contribution in [-0.2, 0) is 16.6 Å². The molecule has 2 aromatic heterocycles. The van der Waals surface area contributed by atoms with Crippen LogP contribution in [0.4, 0.5) is 17.2 Å². The number of rotatable bonds is 9. The van der Waals surface area contributed by atoms with E-state index >= 15 is 0 Å². The molecule has 10 nitrogen and oxygen atoms in total. The van der Waals surface area contributed by atoms with E-state index in [1.54, 1.807) is 36.5 Å². The van der Waals surface area contributed by atoms with Gasteiger partial charge in [0.25, 0.3) is 10.0 Å². The molecular formula is C26H29N7O3S. The molecule has 0 unspecified atom stereocenters. The van der Waals surface area contributed by atoms with Crippen molar-refractivity contribution in [2.75, 3.05) is 49.5 Å². The number of piperazine rings is 1. The van der Waals surface area contributed by atoms with Gasteiger partial charge < -0.3 is 15.3 Å². The summed E-state index contributed by atoms with van der Waals surface area (Å²) in [5.74, 6) is 0.510. The maximum atomic E-state index is 13.5. The lowest BCUT2D eigenvalue weighted by molar-refractivity contribution is 0.189. The number of aliphatic imine (C=N–C) groups is 1. The molecule has 37 heavy (non-hydrogen) atoms. The van der Waals surface area contributed by atoms with Gasteiger partial charge in [0.05, 0.1) is 29.8 Å². The molecule has 0 saturated carbocycles. The zero-order chi connectivity index (χ0) is 25.8. The number of nitrogens with one attached hydrogen (secondary N) is 1. The Morgan fingerprint density at radius 1 is 1.03 bits per heavy atom. The van der Waals surface area contributed by atoms with Gasteiger partial charge in [-0.3, -0.25) is 9.89 Å². The largest absolute Gasteiger partial charge is 0.395 e. The fourth-order valence-corrected chi connectivity index (χ4v) is 6.02. The normalized spacial score (nSPS) is 14.7. The second-order valence-electron chi connectivity index (χ2n) is 8.83. The Hall–Kier alpha value is -3.80. The van der Waals surface area contributed by atoms with Crippen LogP contribution in [0.1, 0.15) is 5.56 Å². The lowest BCUT2D eigenvalue weighted by Crippen LogP contribution is -2.47. The molecule has 1 aliphatic rings. The van der Waals surface area contributed by atoms with Gasteiger partial charge in [0.2, 0.25) is 0 Å². The van der Waals surface area contributed by atoms with E-state index in [9.17, 15) is 8.42 Å². The van der Waals surface area contributed by atoms with Crippen molar-refractivity contribution in [1.29, 1.82) is 0 Å². The number of nitrogens with zero attached hydrogens (tertiary/aromatic N) is 6. The minimum atomic E-state index is -3.95. The lowest BCUT2D eigenvalue weighted by Gasteiger charge is -2.35. The van der Waals surface area contributed by atoms with Crippen molar-refractivity contribution >= 4 is 44.8 Å². The third-order valence-electron chi connectivity index (χ3n) is 6.47. The maximum absolute atomic E-state index is 13.5. The summed E-state index contributed by atoms with van der Waals surface area (Å²) in [4.78, 5) is 13.0. The molecule has 0 radical (unpaired) electrons. The fraction of sp³-hybridized carbons (Fsp3) is 0.269. The van der Waals surface area contributed by atoms with E-state index in [4.69, 9.17) is 5.11 Å². The number of hydrogen-bond acceptors (Lipinski definition) is 9. The monoisotopic (exact) mass is 519 g/mol. The summed E-state index contributed by atoms with van der Waals surface area (Å²) in [6.45, 7) is 8.26. The van der Waals surface area contributed by atoms with Crippen molar-refractivity contribution in [1.82, 2.24) is 19.1 Å². The Labute approximate surface area is 215 Å². The highest BCUT2D eigenvalue weighted by atomic mass is 32.2. The zero-order valence-corrected chi connectivity index (χ0v) is 21.2. The van der Waals surface area contributed by atoms with E-state index in [1.165, 1.54) is 6.20 Å². The zero-order valence-electron chi connectivity index (χ0n) is 20.4. The van der Waals surface area contributed by atoms with Crippen LogP contribution in [0.25, 0.3) is 10.9 Å². The Morgan fingerprint density at radius 2 is 1.78 bits per heavy atom. The fourth-order valence-electron chi connectivity index (χ4n) is 4.53. The Bertz CT molecular complexity index is 1490. The van der Waals surface area contributed by atoms with Crippen LogP contribution in [0, 0.1) is 0 Å². The molecule has 0 amide bonds. The van der Waals surface area contributed by atoms with Gasteiger partial charge in [0, 0.05) is 61.7 Å². The first-order valence-corrected chi connectivity index (χ1v) is 13.5. The van der Waals surface area contributed by atoms with E-state index in [1.807, 2.05) is 12.1 Å². The highest BCUT2D eigenvalue weighted by Crippen LogP contribution is 2.26. The van der Waals surface area contributed by atoms with E-state index in [0.717, 1.165) is 41.6 Å². The van der Waals surface area contributed by atoms with Crippen molar-refractivity contribution in [2.45, 2.75) is 11.4 Å². The van der Waals surface area contributed by atoms with E-state index in [-0.39, 0.29) is 18.0 Å². The number of aromatic nitrogens is 3. The van der Waals surface area contributed by atoms with Crippen molar-refractivity contribution in [3.8, 4) is 0 Å². The number of pyridine rings is 1. The van der Waals surface area contributed by atoms with Gasteiger partial charge in [-0.05, 0) is 42.6 Å². The van der Waals surface area contributed by atoms with Gasteiger partial charge in [-0.1, -0.05) is 18.2 Å². The molecule has 0 aliphatic carbocycles. The maximum Gasteiger partial charge on any atom is 0.283 e. The molecule has 2 N–H and O–H groups in total. The highest BCUT2D eigenvalue weighted by molar-refractivity contribution is 7.90. The molecule has 192 valence electrons. The second-order valence-corrected chi connectivity index (χ2v) is 10.6. The van der Waals surface area contributed by atoms with Crippen LogP contribution >= 0.6 is 0 Å². The SMILES string of the molecule is C=NCc1ccccc1S(=O)(=O)n1ncc2cnc(Nc3ccc(N4CCN(CCO)CC4)cc3)cc21. The number of hydrogen-bond donors (Lipinski definition) is 2. The van der Waals surface area contributed by atoms with Crippen LogP contribution in [0.15, 0.2) is 76.9 Å². The first kappa shape index (κ1) is 24.9.